The van der Waals surface area contributed by atoms with Gasteiger partial charge in [0.05, 0.1) is 30.2 Å². The van der Waals surface area contributed by atoms with Gasteiger partial charge < -0.3 is 19.3 Å². The second-order valence-corrected chi connectivity index (χ2v) is 7.11. The number of ether oxygens (including phenoxy) is 2. The van der Waals surface area contributed by atoms with Crippen molar-refractivity contribution in [2.75, 3.05) is 45.3 Å². The van der Waals surface area contributed by atoms with Crippen LogP contribution in [0.1, 0.15) is 10.4 Å². The first kappa shape index (κ1) is 20.4. The molecule has 0 bridgehead atoms. The molecule has 9 heteroatoms. The predicted molar refractivity (Wildman–Crippen MR) is 116 cm³/mol. The molecule has 1 fully saturated rings. The van der Waals surface area contributed by atoms with Crippen LogP contribution in [0.25, 0.3) is 10.9 Å². The average molecular weight is 422 g/mol. The van der Waals surface area contributed by atoms with Gasteiger partial charge >= 0.3 is 0 Å². The van der Waals surface area contributed by atoms with E-state index in [4.69, 9.17) is 9.47 Å². The van der Waals surface area contributed by atoms with E-state index in [-0.39, 0.29) is 11.6 Å². The molecule has 0 aliphatic carbocycles. The van der Waals surface area contributed by atoms with Crippen LogP contribution in [0.2, 0.25) is 0 Å². The highest BCUT2D eigenvalue weighted by Crippen LogP contribution is 2.33. The number of methoxy groups -OCH3 is 2. The van der Waals surface area contributed by atoms with E-state index >= 15 is 0 Å². The summed E-state index contributed by atoms with van der Waals surface area (Å²) in [7, 11) is 3.09. The summed E-state index contributed by atoms with van der Waals surface area (Å²) in [5.41, 5.74) is 2.00. The molecule has 9 nitrogen and oxygen atoms in total. The fraction of sp³-hybridized carbons (Fsp3) is 0.273. The van der Waals surface area contributed by atoms with Gasteiger partial charge in [-0.05, 0) is 36.4 Å². The average Bonchev–Trinajstić information content (AvgIpc) is 2.82. The topological polar surface area (TPSA) is 98.0 Å². The SMILES string of the molecule is COc1ccc(C(=O)N2CCN(c3ccc([N+](=O)[O-])c4cccnc34)CC2)cc1OC. The highest BCUT2D eigenvalue weighted by Gasteiger charge is 2.25. The maximum absolute atomic E-state index is 13.0. The van der Waals surface area contributed by atoms with Gasteiger partial charge in [-0.25, -0.2) is 0 Å². The highest BCUT2D eigenvalue weighted by atomic mass is 16.6. The number of amides is 1. The van der Waals surface area contributed by atoms with E-state index in [1.54, 1.807) is 54.6 Å². The van der Waals surface area contributed by atoms with E-state index < -0.39 is 4.92 Å². The molecule has 0 unspecified atom stereocenters. The summed E-state index contributed by atoms with van der Waals surface area (Å²) in [6.07, 6.45) is 1.63. The molecule has 160 valence electrons. The number of nitrogens with zero attached hydrogens (tertiary/aromatic N) is 4. The van der Waals surface area contributed by atoms with Gasteiger partial charge in [0.1, 0.15) is 5.52 Å². The molecule has 1 aliphatic rings. The Hall–Kier alpha value is -3.88. The number of carbonyl (C=O) groups excluding carboxylic acids is 1. The van der Waals surface area contributed by atoms with Crippen molar-refractivity contribution in [1.82, 2.24) is 9.88 Å². The van der Waals surface area contributed by atoms with Crippen LogP contribution in [-0.2, 0) is 0 Å². The molecule has 1 aromatic heterocycles. The normalized spacial score (nSPS) is 13.9. The maximum atomic E-state index is 13.0. The molecule has 2 heterocycles. The summed E-state index contributed by atoms with van der Waals surface area (Å²) >= 11 is 0. The number of aromatic nitrogens is 1. The monoisotopic (exact) mass is 422 g/mol. The Bertz CT molecular complexity index is 1140. The van der Waals surface area contributed by atoms with Gasteiger partial charge in [-0.1, -0.05) is 0 Å². The Labute approximate surface area is 178 Å². The largest absolute Gasteiger partial charge is 0.493 e. The van der Waals surface area contributed by atoms with Crippen LogP contribution >= 0.6 is 0 Å². The van der Waals surface area contributed by atoms with Crippen molar-refractivity contribution < 1.29 is 19.2 Å². The molecule has 0 atom stereocenters. The quantitative estimate of drug-likeness (QED) is 0.460. The number of benzene rings is 2. The van der Waals surface area contributed by atoms with Crippen molar-refractivity contribution in [3.8, 4) is 11.5 Å². The molecule has 31 heavy (non-hydrogen) atoms. The van der Waals surface area contributed by atoms with E-state index in [2.05, 4.69) is 9.88 Å². The number of nitro benzene ring substituents is 1. The van der Waals surface area contributed by atoms with Crippen molar-refractivity contribution in [1.29, 1.82) is 0 Å². The Morgan fingerprint density at radius 2 is 1.77 bits per heavy atom. The van der Waals surface area contributed by atoms with Crippen molar-refractivity contribution in [2.45, 2.75) is 0 Å². The minimum atomic E-state index is -0.395. The van der Waals surface area contributed by atoms with Crippen LogP contribution in [0.4, 0.5) is 11.4 Å². The van der Waals surface area contributed by atoms with E-state index in [0.29, 0.717) is 54.1 Å². The summed E-state index contributed by atoms with van der Waals surface area (Å²) in [5, 5.41) is 11.9. The zero-order chi connectivity index (χ0) is 22.0. The Morgan fingerprint density at radius 3 is 2.45 bits per heavy atom. The first-order valence-electron chi connectivity index (χ1n) is 9.82. The molecule has 0 radical (unpaired) electrons. The van der Waals surface area contributed by atoms with Gasteiger partial charge in [0.15, 0.2) is 11.5 Å². The molecule has 1 amide bonds. The summed E-state index contributed by atoms with van der Waals surface area (Å²) < 4.78 is 10.5. The zero-order valence-corrected chi connectivity index (χ0v) is 17.3. The van der Waals surface area contributed by atoms with E-state index in [1.807, 2.05) is 0 Å². The first-order valence-corrected chi connectivity index (χ1v) is 9.82. The molecule has 1 saturated heterocycles. The molecule has 0 spiro atoms. The van der Waals surface area contributed by atoms with Crippen LogP contribution in [0.15, 0.2) is 48.7 Å². The number of fused-ring (bicyclic) bond motifs is 1. The number of hydrogen-bond donors (Lipinski definition) is 0. The number of hydrogen-bond acceptors (Lipinski definition) is 7. The summed E-state index contributed by atoms with van der Waals surface area (Å²) in [6.45, 7) is 2.25. The van der Waals surface area contributed by atoms with E-state index in [9.17, 15) is 14.9 Å². The van der Waals surface area contributed by atoms with E-state index in [0.717, 1.165) is 5.69 Å². The molecule has 3 aromatic rings. The first-order chi connectivity index (χ1) is 15.0. The minimum absolute atomic E-state index is 0.0362. The van der Waals surface area contributed by atoms with Gasteiger partial charge in [0.25, 0.3) is 11.6 Å². The van der Waals surface area contributed by atoms with Gasteiger partial charge in [0, 0.05) is 44.0 Å². The maximum Gasteiger partial charge on any atom is 0.278 e. The smallest absolute Gasteiger partial charge is 0.278 e. The van der Waals surface area contributed by atoms with Crippen molar-refractivity contribution in [2.24, 2.45) is 0 Å². The number of piperazine rings is 1. The van der Waals surface area contributed by atoms with Crippen molar-refractivity contribution in [3.05, 3.63) is 64.3 Å². The van der Waals surface area contributed by atoms with Crippen LogP contribution in [0, 0.1) is 10.1 Å². The molecule has 0 N–H and O–H groups in total. The van der Waals surface area contributed by atoms with Crippen LogP contribution in [0.3, 0.4) is 0 Å². The lowest BCUT2D eigenvalue weighted by Gasteiger charge is -2.36. The fourth-order valence-electron chi connectivity index (χ4n) is 3.86. The zero-order valence-electron chi connectivity index (χ0n) is 17.3. The number of nitro groups is 1. The van der Waals surface area contributed by atoms with Gasteiger partial charge in [0.2, 0.25) is 0 Å². The molecule has 1 aliphatic heterocycles. The van der Waals surface area contributed by atoms with Gasteiger partial charge in [-0.3, -0.25) is 19.9 Å². The number of non-ortho nitro benzene ring substituents is 1. The fourth-order valence-corrected chi connectivity index (χ4v) is 3.86. The van der Waals surface area contributed by atoms with Crippen LogP contribution in [-0.4, -0.2) is 61.1 Å². The molecule has 0 saturated carbocycles. The van der Waals surface area contributed by atoms with E-state index in [1.165, 1.54) is 13.2 Å². The lowest BCUT2D eigenvalue weighted by atomic mass is 10.1. The second-order valence-electron chi connectivity index (χ2n) is 7.11. The second kappa shape index (κ2) is 8.47. The number of rotatable bonds is 5. The van der Waals surface area contributed by atoms with Gasteiger partial charge in [-0.15, -0.1) is 0 Å². The highest BCUT2D eigenvalue weighted by molar-refractivity contribution is 5.97. The standard InChI is InChI=1S/C22H22N4O5/c1-30-19-8-5-15(14-20(19)31-2)22(27)25-12-10-24(11-13-25)18-7-6-17(26(28)29)16-4-3-9-23-21(16)18/h3-9,14H,10-13H2,1-2H3. The van der Waals surface area contributed by atoms with Crippen molar-refractivity contribution in [3.63, 3.8) is 0 Å². The Morgan fingerprint density at radius 1 is 1.03 bits per heavy atom. The third kappa shape index (κ3) is 3.81. The predicted octanol–water partition coefficient (Wildman–Crippen LogP) is 3.12. The van der Waals surface area contributed by atoms with Gasteiger partial charge in [-0.2, -0.15) is 0 Å². The lowest BCUT2D eigenvalue weighted by molar-refractivity contribution is -0.383. The molecular weight excluding hydrogens is 400 g/mol. The molecular formula is C22H22N4O5. The third-order valence-electron chi connectivity index (χ3n) is 5.46. The Kier molecular flexibility index (Phi) is 5.57. The molecule has 4 rings (SSSR count). The number of carbonyl (C=O) groups is 1. The number of pyridine rings is 1. The Balaban J connectivity index is 1.52. The van der Waals surface area contributed by atoms with Crippen LogP contribution < -0.4 is 14.4 Å². The van der Waals surface area contributed by atoms with Crippen LogP contribution in [0.5, 0.6) is 11.5 Å². The number of anilines is 1. The van der Waals surface area contributed by atoms with Crippen molar-refractivity contribution >= 4 is 28.2 Å². The molecule has 2 aromatic carbocycles. The summed E-state index contributed by atoms with van der Waals surface area (Å²) in [6, 6.07) is 11.8. The minimum Gasteiger partial charge on any atom is -0.493 e. The third-order valence-corrected chi connectivity index (χ3v) is 5.46. The summed E-state index contributed by atoms with van der Waals surface area (Å²) in [5.74, 6) is 1.00. The summed E-state index contributed by atoms with van der Waals surface area (Å²) in [4.78, 5) is 32.2. The lowest BCUT2D eigenvalue weighted by Crippen LogP contribution is -2.48.